The topological polar surface area (TPSA) is 114 Å². The molecule has 28 heavy (non-hydrogen) atoms. The lowest BCUT2D eigenvalue weighted by Gasteiger charge is -2.27. The maximum Gasteiger partial charge on any atom is 0.244 e. The fourth-order valence-corrected chi connectivity index (χ4v) is 4.67. The van der Waals surface area contributed by atoms with E-state index in [1.165, 1.54) is 6.33 Å². The highest BCUT2D eigenvalue weighted by molar-refractivity contribution is 7.89. The molecular weight excluding hydrogens is 382 g/mol. The predicted octanol–water partition coefficient (Wildman–Crippen LogP) is 0.537. The molecule has 2 aromatic rings. The summed E-state index contributed by atoms with van der Waals surface area (Å²) in [4.78, 5) is 10.9. The zero-order valence-electron chi connectivity index (χ0n) is 16.5. The van der Waals surface area contributed by atoms with Crippen molar-refractivity contribution in [2.45, 2.75) is 32.2 Å². The number of hydrogen-bond acceptors (Lipinski definition) is 8. The van der Waals surface area contributed by atoms with Crippen molar-refractivity contribution < 1.29 is 13.2 Å². The molecule has 0 aliphatic carbocycles. The van der Waals surface area contributed by atoms with Crippen LogP contribution in [0.5, 0.6) is 0 Å². The first-order valence-electron chi connectivity index (χ1n) is 9.34. The van der Waals surface area contributed by atoms with Crippen LogP contribution in [0.25, 0.3) is 0 Å². The number of aryl methyl sites for hydroxylation is 2. The Kier molecular flexibility index (Phi) is 6.47. The standard InChI is InChI=1S/C17H27N7O3S/c1-4-24-14(3)17(13(2)22-24)28(25,26)21-6-5-18-15-11-16(20-12-19-15)23-7-9-27-10-8-23/h11-12,21H,4-10H2,1-3H3,(H,18,19,20). The number of anilines is 2. The molecule has 0 radical (unpaired) electrons. The summed E-state index contributed by atoms with van der Waals surface area (Å²) in [6, 6.07) is 1.86. The van der Waals surface area contributed by atoms with E-state index >= 15 is 0 Å². The van der Waals surface area contributed by atoms with Gasteiger partial charge >= 0.3 is 0 Å². The quantitative estimate of drug-likeness (QED) is 0.607. The molecule has 0 aromatic carbocycles. The van der Waals surface area contributed by atoms with E-state index in [9.17, 15) is 8.42 Å². The van der Waals surface area contributed by atoms with Crippen LogP contribution < -0.4 is 14.9 Å². The molecule has 2 aromatic heterocycles. The molecule has 3 rings (SSSR count). The zero-order valence-corrected chi connectivity index (χ0v) is 17.3. The number of morpholine rings is 1. The van der Waals surface area contributed by atoms with Crippen molar-refractivity contribution in [3.05, 3.63) is 23.8 Å². The molecule has 1 fully saturated rings. The van der Waals surface area contributed by atoms with Crippen molar-refractivity contribution in [2.75, 3.05) is 49.6 Å². The van der Waals surface area contributed by atoms with Gasteiger partial charge in [-0.1, -0.05) is 0 Å². The maximum absolute atomic E-state index is 12.6. The molecule has 1 aliphatic heterocycles. The molecule has 3 heterocycles. The van der Waals surface area contributed by atoms with Gasteiger partial charge in [-0.25, -0.2) is 23.1 Å². The Morgan fingerprint density at radius 1 is 1.18 bits per heavy atom. The fraction of sp³-hybridized carbons (Fsp3) is 0.588. The summed E-state index contributed by atoms with van der Waals surface area (Å²) in [6.45, 7) is 9.62. The Labute approximate surface area is 165 Å². The van der Waals surface area contributed by atoms with Crippen LogP contribution in [0.1, 0.15) is 18.3 Å². The van der Waals surface area contributed by atoms with Crippen LogP contribution in [-0.2, 0) is 21.3 Å². The van der Waals surface area contributed by atoms with Crippen LogP contribution in [-0.4, -0.2) is 67.6 Å². The van der Waals surface area contributed by atoms with E-state index in [4.69, 9.17) is 4.74 Å². The number of sulfonamides is 1. The summed E-state index contributed by atoms with van der Waals surface area (Å²) >= 11 is 0. The molecule has 0 spiro atoms. The normalized spacial score (nSPS) is 15.0. The first-order valence-corrected chi connectivity index (χ1v) is 10.8. The Hall–Kier alpha value is -2.24. The second kappa shape index (κ2) is 8.84. The van der Waals surface area contributed by atoms with E-state index in [-0.39, 0.29) is 11.4 Å². The first kappa shape index (κ1) is 20.5. The van der Waals surface area contributed by atoms with Crippen LogP contribution in [0.2, 0.25) is 0 Å². The summed E-state index contributed by atoms with van der Waals surface area (Å²) in [6.07, 6.45) is 1.50. The largest absolute Gasteiger partial charge is 0.378 e. The molecule has 10 nitrogen and oxygen atoms in total. The molecule has 0 amide bonds. The Bertz CT molecular complexity index is 907. The number of nitrogens with one attached hydrogen (secondary N) is 2. The van der Waals surface area contributed by atoms with E-state index < -0.39 is 10.0 Å². The van der Waals surface area contributed by atoms with Crippen molar-refractivity contribution in [1.29, 1.82) is 0 Å². The molecule has 0 atom stereocenters. The maximum atomic E-state index is 12.6. The van der Waals surface area contributed by atoms with Crippen molar-refractivity contribution in [3.63, 3.8) is 0 Å². The lowest BCUT2D eigenvalue weighted by molar-refractivity contribution is 0.122. The van der Waals surface area contributed by atoms with Gasteiger partial charge in [-0.2, -0.15) is 5.10 Å². The third-order valence-electron chi connectivity index (χ3n) is 4.59. The summed E-state index contributed by atoms with van der Waals surface area (Å²) in [5, 5.41) is 7.41. The minimum absolute atomic E-state index is 0.232. The monoisotopic (exact) mass is 409 g/mol. The van der Waals surface area contributed by atoms with Crippen molar-refractivity contribution in [3.8, 4) is 0 Å². The lowest BCUT2D eigenvalue weighted by atomic mass is 10.4. The van der Waals surface area contributed by atoms with Gasteiger partial charge in [0.15, 0.2) is 0 Å². The van der Waals surface area contributed by atoms with Crippen LogP contribution in [0, 0.1) is 13.8 Å². The number of nitrogens with zero attached hydrogens (tertiary/aromatic N) is 5. The number of aromatic nitrogens is 4. The average Bonchev–Trinajstić information content (AvgIpc) is 3.00. The Balaban J connectivity index is 1.56. The smallest absolute Gasteiger partial charge is 0.244 e. The van der Waals surface area contributed by atoms with Crippen molar-refractivity contribution in [2.24, 2.45) is 0 Å². The molecule has 0 unspecified atom stereocenters. The van der Waals surface area contributed by atoms with Gasteiger partial charge in [-0.05, 0) is 20.8 Å². The minimum Gasteiger partial charge on any atom is -0.378 e. The molecular formula is C17H27N7O3S. The Morgan fingerprint density at radius 2 is 1.93 bits per heavy atom. The van der Waals surface area contributed by atoms with Crippen molar-refractivity contribution >= 4 is 21.7 Å². The minimum atomic E-state index is -3.62. The van der Waals surface area contributed by atoms with E-state index in [0.717, 1.165) is 18.9 Å². The van der Waals surface area contributed by atoms with E-state index in [0.29, 0.717) is 43.5 Å². The second-order valence-electron chi connectivity index (χ2n) is 6.50. The fourth-order valence-electron chi connectivity index (χ4n) is 3.23. The summed E-state index contributed by atoms with van der Waals surface area (Å²) in [5.41, 5.74) is 1.15. The van der Waals surface area contributed by atoms with Crippen molar-refractivity contribution in [1.82, 2.24) is 24.5 Å². The predicted molar refractivity (Wildman–Crippen MR) is 106 cm³/mol. The van der Waals surface area contributed by atoms with Crippen LogP contribution >= 0.6 is 0 Å². The molecule has 0 bridgehead atoms. The summed E-state index contributed by atoms with van der Waals surface area (Å²) in [5.74, 6) is 1.49. The lowest BCUT2D eigenvalue weighted by Crippen LogP contribution is -2.36. The molecule has 2 N–H and O–H groups in total. The van der Waals surface area contributed by atoms with Crippen LogP contribution in [0.4, 0.5) is 11.6 Å². The zero-order chi connectivity index (χ0) is 20.1. The van der Waals surface area contributed by atoms with Gasteiger partial charge in [-0.15, -0.1) is 0 Å². The van der Waals surface area contributed by atoms with Gasteiger partial charge in [0.25, 0.3) is 0 Å². The SMILES string of the molecule is CCn1nc(C)c(S(=O)(=O)NCCNc2cc(N3CCOCC3)ncn2)c1C. The highest BCUT2D eigenvalue weighted by Crippen LogP contribution is 2.19. The highest BCUT2D eigenvalue weighted by Gasteiger charge is 2.23. The van der Waals surface area contributed by atoms with Gasteiger partial charge in [0.05, 0.1) is 24.6 Å². The first-order chi connectivity index (χ1) is 13.4. The van der Waals surface area contributed by atoms with Gasteiger partial charge in [0.2, 0.25) is 10.0 Å². The molecule has 11 heteroatoms. The number of hydrogen-bond donors (Lipinski definition) is 2. The highest BCUT2D eigenvalue weighted by atomic mass is 32.2. The van der Waals surface area contributed by atoms with Crippen LogP contribution in [0.15, 0.2) is 17.3 Å². The van der Waals surface area contributed by atoms with Gasteiger partial charge in [0.1, 0.15) is 22.9 Å². The van der Waals surface area contributed by atoms with E-state index in [1.54, 1.807) is 18.5 Å². The second-order valence-corrected chi connectivity index (χ2v) is 8.20. The number of ether oxygens (including phenoxy) is 1. The summed E-state index contributed by atoms with van der Waals surface area (Å²) < 4.78 is 34.9. The molecule has 154 valence electrons. The third kappa shape index (κ3) is 4.59. The summed E-state index contributed by atoms with van der Waals surface area (Å²) in [7, 11) is -3.62. The van der Waals surface area contributed by atoms with Gasteiger partial charge < -0.3 is 15.0 Å². The van der Waals surface area contributed by atoms with E-state index in [2.05, 4.69) is 30.0 Å². The van der Waals surface area contributed by atoms with Crippen LogP contribution in [0.3, 0.4) is 0 Å². The molecule has 0 saturated carbocycles. The van der Waals surface area contributed by atoms with E-state index in [1.807, 2.05) is 13.0 Å². The number of rotatable bonds is 8. The Morgan fingerprint density at radius 3 is 2.61 bits per heavy atom. The average molecular weight is 410 g/mol. The molecule has 1 saturated heterocycles. The third-order valence-corrected chi connectivity index (χ3v) is 6.31. The van der Waals surface area contributed by atoms with Gasteiger partial charge in [-0.3, -0.25) is 4.68 Å². The molecule has 1 aliphatic rings. The van der Waals surface area contributed by atoms with Gasteiger partial charge in [0, 0.05) is 38.8 Å².